The molecule has 0 aliphatic heterocycles. The van der Waals surface area contributed by atoms with E-state index in [-0.39, 0.29) is 17.3 Å². The van der Waals surface area contributed by atoms with Crippen molar-refractivity contribution in [3.63, 3.8) is 0 Å². The summed E-state index contributed by atoms with van der Waals surface area (Å²) in [6.45, 7) is 0. The summed E-state index contributed by atoms with van der Waals surface area (Å²) in [5.74, 6) is -7.31. The first-order valence-corrected chi connectivity index (χ1v) is 6.19. The molecule has 2 amide bonds. The molecule has 0 aromatic heterocycles. The van der Waals surface area contributed by atoms with Crippen molar-refractivity contribution in [2.75, 3.05) is 5.32 Å². The maximum absolute atomic E-state index is 12.8. The molecule has 0 radical (unpaired) electrons. The van der Waals surface area contributed by atoms with Crippen molar-refractivity contribution < 1.29 is 27.2 Å². The standard InChI is InChI=1S/C13H12F4N2O2/c14-11(15)13(16,17)12(21)19-9-3-1-2-7(6-9)10(20)18-8-4-5-8/h1-3,6,8,11H,4-5H2,(H,18,20)(H,19,21). The average molecular weight is 304 g/mol. The zero-order chi connectivity index (χ0) is 15.6. The highest BCUT2D eigenvalue weighted by Crippen LogP contribution is 2.25. The number of alkyl halides is 4. The van der Waals surface area contributed by atoms with Gasteiger partial charge in [-0.25, -0.2) is 8.78 Å². The fourth-order valence-electron chi connectivity index (χ4n) is 1.55. The van der Waals surface area contributed by atoms with Crippen LogP contribution in [0.4, 0.5) is 23.2 Å². The van der Waals surface area contributed by atoms with Crippen LogP contribution in [0.15, 0.2) is 24.3 Å². The van der Waals surface area contributed by atoms with Crippen LogP contribution in [-0.4, -0.2) is 30.2 Å². The molecule has 2 N–H and O–H groups in total. The zero-order valence-corrected chi connectivity index (χ0v) is 10.7. The van der Waals surface area contributed by atoms with Crippen LogP contribution in [0.3, 0.4) is 0 Å². The summed E-state index contributed by atoms with van der Waals surface area (Å²) in [7, 11) is 0. The van der Waals surface area contributed by atoms with Crippen molar-refractivity contribution in [3.05, 3.63) is 29.8 Å². The van der Waals surface area contributed by atoms with E-state index >= 15 is 0 Å². The topological polar surface area (TPSA) is 58.2 Å². The number of nitrogens with one attached hydrogen (secondary N) is 2. The molecule has 0 spiro atoms. The predicted molar refractivity (Wildman–Crippen MR) is 66.5 cm³/mol. The van der Waals surface area contributed by atoms with Gasteiger partial charge in [0, 0.05) is 17.3 Å². The highest BCUT2D eigenvalue weighted by molar-refractivity contribution is 5.99. The molecule has 1 aromatic carbocycles. The van der Waals surface area contributed by atoms with E-state index in [4.69, 9.17) is 0 Å². The molecule has 8 heteroatoms. The molecule has 114 valence electrons. The minimum absolute atomic E-state index is 0.110. The summed E-state index contributed by atoms with van der Waals surface area (Å²) >= 11 is 0. The third kappa shape index (κ3) is 3.71. The van der Waals surface area contributed by atoms with Gasteiger partial charge in [0.25, 0.3) is 5.91 Å². The Morgan fingerprint density at radius 1 is 1.24 bits per heavy atom. The molecule has 1 aromatic rings. The van der Waals surface area contributed by atoms with E-state index in [0.29, 0.717) is 0 Å². The lowest BCUT2D eigenvalue weighted by Crippen LogP contribution is -2.41. The Kier molecular flexibility index (Phi) is 4.15. The Morgan fingerprint density at radius 3 is 2.48 bits per heavy atom. The maximum Gasteiger partial charge on any atom is 0.383 e. The molecule has 0 saturated heterocycles. The van der Waals surface area contributed by atoms with E-state index in [9.17, 15) is 27.2 Å². The first kappa shape index (κ1) is 15.3. The van der Waals surface area contributed by atoms with Gasteiger partial charge in [-0.15, -0.1) is 0 Å². The molecule has 1 saturated carbocycles. The van der Waals surface area contributed by atoms with Crippen LogP contribution in [0.2, 0.25) is 0 Å². The van der Waals surface area contributed by atoms with E-state index in [0.717, 1.165) is 18.9 Å². The Balaban J connectivity index is 2.07. The molecule has 0 heterocycles. The monoisotopic (exact) mass is 304 g/mol. The molecule has 1 fully saturated rings. The van der Waals surface area contributed by atoms with Crippen LogP contribution in [0.25, 0.3) is 0 Å². The van der Waals surface area contributed by atoms with Crippen molar-refractivity contribution >= 4 is 17.5 Å². The highest BCUT2D eigenvalue weighted by Gasteiger charge is 2.48. The van der Waals surface area contributed by atoms with Gasteiger partial charge in [-0.1, -0.05) is 6.07 Å². The van der Waals surface area contributed by atoms with Gasteiger partial charge in [0.1, 0.15) is 0 Å². The number of anilines is 1. The van der Waals surface area contributed by atoms with E-state index < -0.39 is 24.2 Å². The Morgan fingerprint density at radius 2 is 1.90 bits per heavy atom. The van der Waals surface area contributed by atoms with Crippen LogP contribution in [0.5, 0.6) is 0 Å². The van der Waals surface area contributed by atoms with Crippen LogP contribution < -0.4 is 10.6 Å². The van der Waals surface area contributed by atoms with Gasteiger partial charge in [0.05, 0.1) is 0 Å². The molecule has 2 rings (SSSR count). The van der Waals surface area contributed by atoms with Gasteiger partial charge in [-0.3, -0.25) is 9.59 Å². The number of carbonyl (C=O) groups excluding carboxylic acids is 2. The van der Waals surface area contributed by atoms with Crippen LogP contribution in [-0.2, 0) is 4.79 Å². The minimum Gasteiger partial charge on any atom is -0.349 e. The summed E-state index contributed by atoms with van der Waals surface area (Å²) in [4.78, 5) is 22.8. The number of benzene rings is 1. The van der Waals surface area contributed by atoms with E-state index in [2.05, 4.69) is 5.32 Å². The second-order valence-corrected chi connectivity index (χ2v) is 4.71. The Labute approximate surface area is 117 Å². The number of amides is 2. The summed E-state index contributed by atoms with van der Waals surface area (Å²) in [5, 5.41) is 4.36. The summed E-state index contributed by atoms with van der Waals surface area (Å²) in [5.41, 5.74) is 0.00355. The maximum atomic E-state index is 12.8. The van der Waals surface area contributed by atoms with Gasteiger partial charge in [-0.05, 0) is 31.0 Å². The van der Waals surface area contributed by atoms with Crippen molar-refractivity contribution in [1.82, 2.24) is 5.32 Å². The summed E-state index contributed by atoms with van der Waals surface area (Å²) in [6.07, 6.45) is -2.34. The van der Waals surface area contributed by atoms with Gasteiger partial charge in [0.15, 0.2) is 0 Å². The normalized spacial score (nSPS) is 14.9. The van der Waals surface area contributed by atoms with Gasteiger partial charge < -0.3 is 10.6 Å². The molecule has 4 nitrogen and oxygen atoms in total. The van der Waals surface area contributed by atoms with Crippen molar-refractivity contribution in [1.29, 1.82) is 0 Å². The van der Waals surface area contributed by atoms with Crippen molar-refractivity contribution in [3.8, 4) is 0 Å². The van der Waals surface area contributed by atoms with Crippen LogP contribution in [0, 0.1) is 0 Å². The number of rotatable bonds is 5. The SMILES string of the molecule is O=C(NC1CC1)c1cccc(NC(=O)C(F)(F)C(F)F)c1. The quantitative estimate of drug-likeness (QED) is 0.821. The minimum atomic E-state index is -4.79. The molecule has 0 atom stereocenters. The molecular weight excluding hydrogens is 292 g/mol. The van der Waals surface area contributed by atoms with E-state index in [1.807, 2.05) is 0 Å². The average Bonchev–Trinajstić information content (AvgIpc) is 3.22. The second kappa shape index (κ2) is 5.71. The third-order valence-electron chi connectivity index (χ3n) is 2.87. The molecule has 21 heavy (non-hydrogen) atoms. The second-order valence-electron chi connectivity index (χ2n) is 4.71. The largest absolute Gasteiger partial charge is 0.383 e. The summed E-state index contributed by atoms with van der Waals surface area (Å²) < 4.78 is 49.7. The highest BCUT2D eigenvalue weighted by atomic mass is 19.3. The Hall–Kier alpha value is -2.12. The van der Waals surface area contributed by atoms with E-state index in [1.54, 1.807) is 5.32 Å². The molecular formula is C13H12F4N2O2. The first-order chi connectivity index (χ1) is 9.80. The number of hydrogen-bond donors (Lipinski definition) is 2. The lowest BCUT2D eigenvalue weighted by molar-refractivity contribution is -0.163. The first-order valence-electron chi connectivity index (χ1n) is 6.19. The number of carbonyl (C=O) groups is 2. The number of halogens is 4. The van der Waals surface area contributed by atoms with Crippen LogP contribution >= 0.6 is 0 Å². The van der Waals surface area contributed by atoms with Gasteiger partial charge in [-0.2, -0.15) is 8.78 Å². The van der Waals surface area contributed by atoms with E-state index in [1.165, 1.54) is 18.2 Å². The summed E-state index contributed by atoms with van der Waals surface area (Å²) in [6, 6.07) is 5.28. The third-order valence-corrected chi connectivity index (χ3v) is 2.87. The predicted octanol–water partition coefficient (Wildman–Crippen LogP) is 2.42. The van der Waals surface area contributed by atoms with Gasteiger partial charge in [0.2, 0.25) is 0 Å². The van der Waals surface area contributed by atoms with Crippen LogP contribution in [0.1, 0.15) is 23.2 Å². The fraction of sp³-hybridized carbons (Fsp3) is 0.385. The fourth-order valence-corrected chi connectivity index (χ4v) is 1.55. The molecule has 0 bridgehead atoms. The van der Waals surface area contributed by atoms with Crippen molar-refractivity contribution in [2.24, 2.45) is 0 Å². The lowest BCUT2D eigenvalue weighted by atomic mass is 10.2. The number of hydrogen-bond acceptors (Lipinski definition) is 2. The molecule has 1 aliphatic rings. The zero-order valence-electron chi connectivity index (χ0n) is 10.7. The Bertz CT molecular complexity index is 559. The molecule has 0 unspecified atom stereocenters. The van der Waals surface area contributed by atoms with Crippen molar-refractivity contribution in [2.45, 2.75) is 31.2 Å². The van der Waals surface area contributed by atoms with Gasteiger partial charge >= 0.3 is 18.3 Å². The lowest BCUT2D eigenvalue weighted by Gasteiger charge is -2.15. The smallest absolute Gasteiger partial charge is 0.349 e. The molecule has 1 aliphatic carbocycles.